The Labute approximate surface area is 120 Å². The molecular weight excluding hydrogens is 248 g/mol. The summed E-state index contributed by atoms with van der Waals surface area (Å²) in [6.45, 7) is 2.04. The highest BCUT2D eigenvalue weighted by molar-refractivity contribution is 5.67. The van der Waals surface area contributed by atoms with Crippen LogP contribution in [-0.4, -0.2) is 14.8 Å². The second-order valence-electron chi connectivity index (χ2n) is 5.77. The van der Waals surface area contributed by atoms with E-state index in [1.807, 2.05) is 30.8 Å². The molecule has 1 aromatic carbocycles. The van der Waals surface area contributed by atoms with Gasteiger partial charge in [0.05, 0.1) is 0 Å². The predicted octanol–water partition coefficient (Wildman–Crippen LogP) is 3.42. The van der Waals surface area contributed by atoms with Crippen LogP contribution in [0.3, 0.4) is 0 Å². The summed E-state index contributed by atoms with van der Waals surface area (Å²) in [5.41, 5.74) is 8.98. The number of aromatic nitrogens is 3. The molecule has 1 aliphatic rings. The number of aryl methyl sites for hydroxylation is 1. The fraction of sp³-hybridized carbons (Fsp3) is 0.500. The molecule has 0 bridgehead atoms. The Bertz CT molecular complexity index is 609. The largest absolute Gasteiger partial charge is 0.398 e. The van der Waals surface area contributed by atoms with Crippen molar-refractivity contribution in [2.24, 2.45) is 7.05 Å². The maximum Gasteiger partial charge on any atom is 0.158 e. The molecule has 2 N–H and O–H groups in total. The molecule has 0 amide bonds. The van der Waals surface area contributed by atoms with E-state index in [4.69, 9.17) is 10.7 Å². The molecule has 0 saturated heterocycles. The van der Waals surface area contributed by atoms with Crippen LogP contribution in [0.1, 0.15) is 49.4 Å². The van der Waals surface area contributed by atoms with Crippen LogP contribution in [-0.2, 0) is 7.05 Å². The minimum Gasteiger partial charge on any atom is -0.398 e. The molecular formula is C16H22N4. The van der Waals surface area contributed by atoms with Crippen molar-refractivity contribution in [3.05, 3.63) is 29.6 Å². The van der Waals surface area contributed by atoms with Gasteiger partial charge in [-0.05, 0) is 31.4 Å². The van der Waals surface area contributed by atoms with E-state index < -0.39 is 0 Å². The minimum atomic E-state index is 0.532. The third kappa shape index (κ3) is 2.30. The van der Waals surface area contributed by atoms with Gasteiger partial charge in [0.2, 0.25) is 0 Å². The smallest absolute Gasteiger partial charge is 0.158 e. The van der Waals surface area contributed by atoms with Gasteiger partial charge in [-0.25, -0.2) is 9.67 Å². The highest BCUT2D eigenvalue weighted by Crippen LogP contribution is 2.32. The maximum atomic E-state index is 6.00. The van der Waals surface area contributed by atoms with Gasteiger partial charge in [-0.3, -0.25) is 0 Å². The van der Waals surface area contributed by atoms with Crippen LogP contribution >= 0.6 is 0 Å². The van der Waals surface area contributed by atoms with Crippen molar-refractivity contribution < 1.29 is 0 Å². The summed E-state index contributed by atoms with van der Waals surface area (Å²) in [5, 5.41) is 4.65. The summed E-state index contributed by atoms with van der Waals surface area (Å²) in [6, 6.07) is 5.98. The third-order valence-electron chi connectivity index (χ3n) is 4.37. The summed E-state index contributed by atoms with van der Waals surface area (Å²) in [6.07, 6.45) is 6.40. The zero-order valence-corrected chi connectivity index (χ0v) is 12.3. The molecule has 106 valence electrons. The first-order valence-corrected chi connectivity index (χ1v) is 7.43. The van der Waals surface area contributed by atoms with Crippen LogP contribution in [0.4, 0.5) is 5.69 Å². The zero-order valence-electron chi connectivity index (χ0n) is 12.3. The highest BCUT2D eigenvalue weighted by atomic mass is 15.3. The van der Waals surface area contributed by atoms with Crippen molar-refractivity contribution in [1.29, 1.82) is 0 Å². The number of hydrogen-bond donors (Lipinski definition) is 1. The zero-order chi connectivity index (χ0) is 14.1. The number of rotatable bonds is 2. The molecule has 1 saturated carbocycles. The van der Waals surface area contributed by atoms with E-state index in [-0.39, 0.29) is 0 Å². The van der Waals surface area contributed by atoms with Crippen molar-refractivity contribution in [2.45, 2.75) is 44.9 Å². The standard InChI is InChI=1S/C16H22N4/c1-11-13(9-6-10-14(11)17)16-18-15(19-20(16)2)12-7-4-3-5-8-12/h6,9-10,12H,3-5,7-8,17H2,1-2H3. The molecule has 3 rings (SSSR count). The first-order valence-electron chi connectivity index (χ1n) is 7.43. The molecule has 2 aromatic rings. The Morgan fingerprint density at radius 1 is 1.20 bits per heavy atom. The van der Waals surface area contributed by atoms with Gasteiger partial charge >= 0.3 is 0 Å². The van der Waals surface area contributed by atoms with Gasteiger partial charge in [-0.15, -0.1) is 0 Å². The molecule has 4 nitrogen and oxygen atoms in total. The third-order valence-corrected chi connectivity index (χ3v) is 4.37. The Morgan fingerprint density at radius 2 is 1.95 bits per heavy atom. The average molecular weight is 270 g/mol. The Balaban J connectivity index is 1.98. The lowest BCUT2D eigenvalue weighted by Crippen LogP contribution is -2.06. The second kappa shape index (κ2) is 5.27. The summed E-state index contributed by atoms with van der Waals surface area (Å²) >= 11 is 0. The van der Waals surface area contributed by atoms with E-state index >= 15 is 0 Å². The summed E-state index contributed by atoms with van der Waals surface area (Å²) in [5.74, 6) is 2.46. The van der Waals surface area contributed by atoms with Crippen LogP contribution in [0, 0.1) is 6.92 Å². The van der Waals surface area contributed by atoms with Crippen LogP contribution in [0.25, 0.3) is 11.4 Å². The predicted molar refractivity (Wildman–Crippen MR) is 81.4 cm³/mol. The molecule has 20 heavy (non-hydrogen) atoms. The molecule has 1 aliphatic carbocycles. The quantitative estimate of drug-likeness (QED) is 0.851. The SMILES string of the molecule is Cc1c(N)cccc1-c1nc(C2CCCCC2)nn1C. The van der Waals surface area contributed by atoms with E-state index in [0.29, 0.717) is 5.92 Å². The lowest BCUT2D eigenvalue weighted by atomic mass is 9.89. The summed E-state index contributed by atoms with van der Waals surface area (Å²) < 4.78 is 1.89. The van der Waals surface area contributed by atoms with Crippen LogP contribution < -0.4 is 5.73 Å². The second-order valence-corrected chi connectivity index (χ2v) is 5.77. The first kappa shape index (κ1) is 13.2. The van der Waals surface area contributed by atoms with Crippen molar-refractivity contribution >= 4 is 5.69 Å². The van der Waals surface area contributed by atoms with Gasteiger partial charge in [-0.1, -0.05) is 31.4 Å². The minimum absolute atomic E-state index is 0.532. The highest BCUT2D eigenvalue weighted by Gasteiger charge is 2.21. The van der Waals surface area contributed by atoms with Crippen LogP contribution in [0.2, 0.25) is 0 Å². The lowest BCUT2D eigenvalue weighted by Gasteiger charge is -2.18. The molecule has 0 atom stereocenters. The van der Waals surface area contributed by atoms with E-state index in [2.05, 4.69) is 11.2 Å². The molecule has 1 fully saturated rings. The number of nitrogens with two attached hydrogens (primary N) is 1. The van der Waals surface area contributed by atoms with Crippen LogP contribution in [0.5, 0.6) is 0 Å². The van der Waals surface area contributed by atoms with Gasteiger partial charge in [0.1, 0.15) is 0 Å². The fourth-order valence-corrected chi connectivity index (χ4v) is 3.07. The van der Waals surface area contributed by atoms with Crippen molar-refractivity contribution in [2.75, 3.05) is 5.73 Å². The van der Waals surface area contributed by atoms with E-state index in [0.717, 1.165) is 28.5 Å². The van der Waals surface area contributed by atoms with Crippen molar-refractivity contribution in [3.8, 4) is 11.4 Å². The van der Waals surface area contributed by atoms with E-state index in [1.54, 1.807) is 0 Å². The molecule has 1 heterocycles. The number of nitrogens with zero attached hydrogens (tertiary/aromatic N) is 3. The van der Waals surface area contributed by atoms with Crippen molar-refractivity contribution in [1.82, 2.24) is 14.8 Å². The fourth-order valence-electron chi connectivity index (χ4n) is 3.07. The number of anilines is 1. The van der Waals surface area contributed by atoms with Crippen LogP contribution in [0.15, 0.2) is 18.2 Å². The molecule has 0 aliphatic heterocycles. The molecule has 0 spiro atoms. The van der Waals surface area contributed by atoms with Gasteiger partial charge in [0.25, 0.3) is 0 Å². The molecule has 4 heteroatoms. The number of hydrogen-bond acceptors (Lipinski definition) is 3. The topological polar surface area (TPSA) is 56.7 Å². The molecule has 0 radical (unpaired) electrons. The normalized spacial score (nSPS) is 16.5. The van der Waals surface area contributed by atoms with E-state index in [1.165, 1.54) is 32.1 Å². The summed E-state index contributed by atoms with van der Waals surface area (Å²) in [7, 11) is 1.97. The van der Waals surface area contributed by atoms with E-state index in [9.17, 15) is 0 Å². The number of nitrogen functional groups attached to an aromatic ring is 1. The molecule has 0 unspecified atom stereocenters. The Hall–Kier alpha value is -1.84. The number of benzene rings is 1. The first-order chi connectivity index (χ1) is 9.66. The van der Waals surface area contributed by atoms with Gasteiger partial charge in [-0.2, -0.15) is 5.10 Å². The maximum absolute atomic E-state index is 6.00. The average Bonchev–Trinajstić information content (AvgIpc) is 2.85. The Kier molecular flexibility index (Phi) is 3.47. The Morgan fingerprint density at radius 3 is 2.70 bits per heavy atom. The van der Waals surface area contributed by atoms with Crippen molar-refractivity contribution in [3.63, 3.8) is 0 Å². The summed E-state index contributed by atoms with van der Waals surface area (Å²) in [4.78, 5) is 4.80. The van der Waals surface area contributed by atoms with Gasteiger partial charge in [0.15, 0.2) is 11.6 Å². The van der Waals surface area contributed by atoms with Gasteiger partial charge in [0, 0.05) is 24.2 Å². The lowest BCUT2D eigenvalue weighted by molar-refractivity contribution is 0.427. The molecule has 1 aromatic heterocycles. The monoisotopic (exact) mass is 270 g/mol. The van der Waals surface area contributed by atoms with Gasteiger partial charge < -0.3 is 5.73 Å².